The van der Waals surface area contributed by atoms with Gasteiger partial charge in [0.05, 0.1) is 0 Å². The first kappa shape index (κ1) is 13.9. The van der Waals surface area contributed by atoms with Crippen LogP contribution in [-0.2, 0) is 6.42 Å². The molecule has 3 heteroatoms. The number of aromatic nitrogens is 1. The fourth-order valence-electron chi connectivity index (χ4n) is 3.81. The van der Waals surface area contributed by atoms with E-state index >= 15 is 0 Å². The Kier molecular flexibility index (Phi) is 3.49. The molecular formula is C17H26N2O. The van der Waals surface area contributed by atoms with Crippen molar-refractivity contribution in [1.29, 1.82) is 0 Å². The lowest BCUT2D eigenvalue weighted by Gasteiger charge is -2.31. The van der Waals surface area contributed by atoms with Gasteiger partial charge >= 0.3 is 0 Å². The van der Waals surface area contributed by atoms with E-state index in [1.807, 2.05) is 6.07 Å². The van der Waals surface area contributed by atoms with Crippen LogP contribution >= 0.6 is 0 Å². The molecule has 0 N–H and O–H groups in total. The van der Waals surface area contributed by atoms with E-state index in [2.05, 4.69) is 36.4 Å². The Bertz CT molecular complexity index is 509. The van der Waals surface area contributed by atoms with Crippen molar-refractivity contribution in [1.82, 2.24) is 9.47 Å². The van der Waals surface area contributed by atoms with E-state index in [0.717, 1.165) is 18.5 Å². The average molecular weight is 274 g/mol. The summed E-state index contributed by atoms with van der Waals surface area (Å²) in [6.07, 6.45) is 6.50. The Morgan fingerprint density at radius 3 is 2.65 bits per heavy atom. The van der Waals surface area contributed by atoms with Gasteiger partial charge in [0.25, 0.3) is 0 Å². The summed E-state index contributed by atoms with van der Waals surface area (Å²) in [5, 5.41) is 0. The second-order valence-electron chi connectivity index (χ2n) is 7.38. The number of Topliss-reactive ketones (excluding diaryl/α,β-unsaturated/α-hetero) is 1. The van der Waals surface area contributed by atoms with Gasteiger partial charge in [-0.05, 0) is 50.8 Å². The van der Waals surface area contributed by atoms with Gasteiger partial charge in [0.2, 0.25) is 0 Å². The maximum Gasteiger partial charge on any atom is 0.165 e. The third kappa shape index (κ3) is 2.56. The molecule has 1 saturated heterocycles. The standard InChI is InChI=1S/C17H26N2O/c1-13(12-18-7-4-5-8-18)19-9-6-14-15(19)10-17(2,3)11-16(14)20/h6,9,13H,4-5,7-8,10-12H2,1-3H3. The molecule has 3 nitrogen and oxygen atoms in total. The number of carbonyl (C=O) groups excluding carboxylic acids is 1. The van der Waals surface area contributed by atoms with Crippen LogP contribution in [0.3, 0.4) is 0 Å². The van der Waals surface area contributed by atoms with E-state index in [9.17, 15) is 4.79 Å². The number of likely N-dealkylation sites (tertiary alicyclic amines) is 1. The Morgan fingerprint density at radius 1 is 1.25 bits per heavy atom. The van der Waals surface area contributed by atoms with Crippen LogP contribution < -0.4 is 0 Å². The minimum atomic E-state index is 0.105. The van der Waals surface area contributed by atoms with E-state index in [1.54, 1.807) is 0 Å². The molecule has 1 atom stereocenters. The normalized spacial score (nSPS) is 23.9. The van der Waals surface area contributed by atoms with Gasteiger partial charge in [0.1, 0.15) is 0 Å². The second kappa shape index (κ2) is 5.03. The van der Waals surface area contributed by atoms with Crippen LogP contribution in [-0.4, -0.2) is 34.9 Å². The number of hydrogen-bond acceptors (Lipinski definition) is 2. The van der Waals surface area contributed by atoms with Gasteiger partial charge in [-0.25, -0.2) is 0 Å². The summed E-state index contributed by atoms with van der Waals surface area (Å²) in [6.45, 7) is 10.3. The fraction of sp³-hybridized carbons (Fsp3) is 0.706. The lowest BCUT2D eigenvalue weighted by atomic mass is 9.76. The van der Waals surface area contributed by atoms with Crippen molar-refractivity contribution < 1.29 is 4.79 Å². The fourth-order valence-corrected chi connectivity index (χ4v) is 3.81. The first-order chi connectivity index (χ1) is 9.46. The van der Waals surface area contributed by atoms with Crippen LogP contribution in [0.2, 0.25) is 0 Å². The highest BCUT2D eigenvalue weighted by Gasteiger charge is 2.33. The molecule has 1 aliphatic carbocycles. The van der Waals surface area contributed by atoms with Crippen molar-refractivity contribution in [2.45, 2.75) is 52.5 Å². The molecule has 3 rings (SSSR count). The van der Waals surface area contributed by atoms with E-state index in [-0.39, 0.29) is 5.41 Å². The van der Waals surface area contributed by atoms with E-state index in [1.165, 1.54) is 31.6 Å². The monoisotopic (exact) mass is 274 g/mol. The maximum atomic E-state index is 12.3. The van der Waals surface area contributed by atoms with Gasteiger partial charge in [0, 0.05) is 36.5 Å². The summed E-state index contributed by atoms with van der Waals surface area (Å²) >= 11 is 0. The summed E-state index contributed by atoms with van der Waals surface area (Å²) in [4.78, 5) is 14.8. The third-order valence-electron chi connectivity index (χ3n) is 4.81. The van der Waals surface area contributed by atoms with Gasteiger partial charge in [-0.15, -0.1) is 0 Å². The van der Waals surface area contributed by atoms with Crippen molar-refractivity contribution in [3.63, 3.8) is 0 Å². The van der Waals surface area contributed by atoms with Crippen LogP contribution in [0.4, 0.5) is 0 Å². The van der Waals surface area contributed by atoms with Gasteiger partial charge in [-0.2, -0.15) is 0 Å². The smallest absolute Gasteiger partial charge is 0.165 e. The van der Waals surface area contributed by atoms with Crippen LogP contribution in [0, 0.1) is 5.41 Å². The zero-order chi connectivity index (χ0) is 14.3. The largest absolute Gasteiger partial charge is 0.347 e. The molecule has 0 saturated carbocycles. The lowest BCUT2D eigenvalue weighted by molar-refractivity contribution is 0.0909. The zero-order valence-electron chi connectivity index (χ0n) is 13.0. The van der Waals surface area contributed by atoms with Gasteiger partial charge in [-0.3, -0.25) is 4.79 Å². The van der Waals surface area contributed by atoms with Crippen LogP contribution in [0.15, 0.2) is 12.3 Å². The topological polar surface area (TPSA) is 25.2 Å². The number of fused-ring (bicyclic) bond motifs is 1. The Balaban J connectivity index is 1.82. The Hall–Kier alpha value is -1.09. The van der Waals surface area contributed by atoms with Crippen LogP contribution in [0.1, 0.15) is 62.1 Å². The Morgan fingerprint density at radius 2 is 1.95 bits per heavy atom. The zero-order valence-corrected chi connectivity index (χ0v) is 13.0. The SMILES string of the molecule is CC(CN1CCCC1)n1ccc2c1CC(C)(C)CC2=O. The highest BCUT2D eigenvalue weighted by molar-refractivity contribution is 5.98. The first-order valence-corrected chi connectivity index (χ1v) is 7.91. The van der Waals surface area contributed by atoms with Gasteiger partial charge in [-0.1, -0.05) is 13.8 Å². The van der Waals surface area contributed by atoms with Crippen molar-refractivity contribution in [2.75, 3.05) is 19.6 Å². The molecule has 2 aliphatic rings. The van der Waals surface area contributed by atoms with Crippen molar-refractivity contribution in [3.8, 4) is 0 Å². The van der Waals surface area contributed by atoms with E-state index in [0.29, 0.717) is 18.2 Å². The van der Waals surface area contributed by atoms with Crippen molar-refractivity contribution >= 4 is 5.78 Å². The number of hydrogen-bond donors (Lipinski definition) is 0. The van der Waals surface area contributed by atoms with Crippen molar-refractivity contribution in [2.24, 2.45) is 5.41 Å². The van der Waals surface area contributed by atoms with Gasteiger partial charge in [0.15, 0.2) is 5.78 Å². The molecule has 1 unspecified atom stereocenters. The summed E-state index contributed by atoms with van der Waals surface area (Å²) in [5.74, 6) is 0.323. The van der Waals surface area contributed by atoms with Gasteiger partial charge < -0.3 is 9.47 Å². The predicted octanol–water partition coefficient (Wildman–Crippen LogP) is 3.30. The molecule has 0 radical (unpaired) electrons. The maximum absolute atomic E-state index is 12.3. The number of ketones is 1. The van der Waals surface area contributed by atoms with E-state index in [4.69, 9.17) is 0 Å². The minimum Gasteiger partial charge on any atom is -0.347 e. The molecule has 1 aliphatic heterocycles. The molecular weight excluding hydrogens is 248 g/mol. The highest BCUT2D eigenvalue weighted by Crippen LogP contribution is 2.36. The van der Waals surface area contributed by atoms with E-state index < -0.39 is 0 Å². The molecule has 0 bridgehead atoms. The number of carbonyl (C=O) groups is 1. The molecule has 0 amide bonds. The molecule has 0 aromatic carbocycles. The number of nitrogens with zero attached hydrogens (tertiary/aromatic N) is 2. The minimum absolute atomic E-state index is 0.105. The molecule has 20 heavy (non-hydrogen) atoms. The summed E-state index contributed by atoms with van der Waals surface area (Å²) < 4.78 is 2.35. The number of rotatable bonds is 3. The molecule has 0 spiro atoms. The molecule has 1 aromatic rings. The predicted molar refractivity (Wildman–Crippen MR) is 81.2 cm³/mol. The average Bonchev–Trinajstić information content (AvgIpc) is 2.96. The quantitative estimate of drug-likeness (QED) is 0.845. The van der Waals surface area contributed by atoms with Crippen LogP contribution in [0.25, 0.3) is 0 Å². The summed E-state index contributed by atoms with van der Waals surface area (Å²) in [5.41, 5.74) is 2.34. The molecule has 2 heterocycles. The highest BCUT2D eigenvalue weighted by atomic mass is 16.1. The molecule has 110 valence electrons. The lowest BCUT2D eigenvalue weighted by Crippen LogP contribution is -2.31. The third-order valence-corrected chi connectivity index (χ3v) is 4.81. The summed E-state index contributed by atoms with van der Waals surface area (Å²) in [6, 6.07) is 2.49. The second-order valence-corrected chi connectivity index (χ2v) is 7.38. The first-order valence-electron chi connectivity index (χ1n) is 7.91. The van der Waals surface area contributed by atoms with Crippen LogP contribution in [0.5, 0.6) is 0 Å². The van der Waals surface area contributed by atoms with Crippen molar-refractivity contribution in [3.05, 3.63) is 23.5 Å². The molecule has 1 fully saturated rings. The molecule has 1 aromatic heterocycles. The Labute approximate surface area is 122 Å². The summed E-state index contributed by atoms with van der Waals surface area (Å²) in [7, 11) is 0.